The van der Waals surface area contributed by atoms with Gasteiger partial charge < -0.3 is 19.8 Å². The van der Waals surface area contributed by atoms with Crippen molar-refractivity contribution in [1.29, 1.82) is 0 Å². The van der Waals surface area contributed by atoms with E-state index in [4.69, 9.17) is 9.15 Å². The second-order valence-electron chi connectivity index (χ2n) is 8.10. The molecule has 0 radical (unpaired) electrons. The monoisotopic (exact) mass is 406 g/mol. The van der Waals surface area contributed by atoms with Crippen molar-refractivity contribution in [3.63, 3.8) is 0 Å². The van der Waals surface area contributed by atoms with Crippen molar-refractivity contribution < 1.29 is 13.9 Å². The van der Waals surface area contributed by atoms with Gasteiger partial charge in [-0.1, -0.05) is 55.7 Å². The standard InChI is InChI=1S/C25H30N2O3/c1-17(18-9-5-3-6-10-18)27-25(28)23-15-21-19(13-14-22(29-2)24(21)30-23)16-26-20-11-7-4-8-12-20/h3,5-6,9-10,13-15,17,20,26H,4,7-8,11-12,16H2,1-2H3,(H,27,28). The summed E-state index contributed by atoms with van der Waals surface area (Å²) in [6.07, 6.45) is 6.40. The second kappa shape index (κ2) is 9.35. The normalized spacial score (nSPS) is 15.8. The van der Waals surface area contributed by atoms with Crippen LogP contribution in [0, 0.1) is 0 Å². The van der Waals surface area contributed by atoms with Gasteiger partial charge in [0.05, 0.1) is 13.2 Å². The van der Waals surface area contributed by atoms with Crippen LogP contribution in [0.5, 0.6) is 5.75 Å². The Hall–Kier alpha value is -2.79. The van der Waals surface area contributed by atoms with Crippen molar-refractivity contribution in [2.24, 2.45) is 0 Å². The van der Waals surface area contributed by atoms with Crippen LogP contribution in [0.3, 0.4) is 0 Å². The van der Waals surface area contributed by atoms with Gasteiger partial charge >= 0.3 is 0 Å². The lowest BCUT2D eigenvalue weighted by Gasteiger charge is -2.23. The Morgan fingerprint density at radius 3 is 2.63 bits per heavy atom. The first kappa shape index (κ1) is 20.5. The van der Waals surface area contributed by atoms with Crippen molar-refractivity contribution >= 4 is 16.9 Å². The molecule has 5 nitrogen and oxygen atoms in total. The molecule has 1 aromatic heterocycles. The SMILES string of the molecule is COc1ccc(CNC2CCCCC2)c2cc(C(=O)NC(C)c3ccccc3)oc12. The molecule has 0 saturated heterocycles. The van der Waals surface area contributed by atoms with Crippen LogP contribution in [0.15, 0.2) is 52.9 Å². The molecule has 0 aliphatic heterocycles. The van der Waals surface area contributed by atoms with E-state index >= 15 is 0 Å². The predicted octanol–water partition coefficient (Wildman–Crippen LogP) is 5.35. The molecule has 1 aliphatic rings. The number of hydrogen-bond acceptors (Lipinski definition) is 4. The van der Waals surface area contributed by atoms with Gasteiger partial charge in [0.1, 0.15) is 0 Å². The highest BCUT2D eigenvalue weighted by Crippen LogP contribution is 2.32. The van der Waals surface area contributed by atoms with Gasteiger partial charge in [0, 0.05) is 18.0 Å². The molecule has 1 atom stereocenters. The minimum atomic E-state index is -0.226. The molecule has 1 fully saturated rings. The van der Waals surface area contributed by atoms with Gasteiger partial charge in [0.2, 0.25) is 0 Å². The number of benzene rings is 2. The summed E-state index contributed by atoms with van der Waals surface area (Å²) in [6, 6.07) is 16.2. The number of carbonyl (C=O) groups excluding carboxylic acids is 1. The van der Waals surface area contributed by atoms with E-state index in [2.05, 4.69) is 16.7 Å². The highest BCUT2D eigenvalue weighted by atomic mass is 16.5. The van der Waals surface area contributed by atoms with Crippen LogP contribution in [-0.2, 0) is 6.54 Å². The Kier molecular flexibility index (Phi) is 6.38. The van der Waals surface area contributed by atoms with Crippen LogP contribution >= 0.6 is 0 Å². The molecule has 1 unspecified atom stereocenters. The lowest BCUT2D eigenvalue weighted by Crippen LogP contribution is -2.30. The number of hydrogen-bond donors (Lipinski definition) is 2. The Labute approximate surface area is 177 Å². The summed E-state index contributed by atoms with van der Waals surface area (Å²) < 4.78 is 11.4. The highest BCUT2D eigenvalue weighted by molar-refractivity contribution is 5.98. The molecule has 1 aliphatic carbocycles. The Morgan fingerprint density at radius 1 is 1.13 bits per heavy atom. The number of ether oxygens (including phenoxy) is 1. The molecule has 3 aromatic rings. The molecule has 1 saturated carbocycles. The zero-order valence-electron chi connectivity index (χ0n) is 17.7. The zero-order valence-corrected chi connectivity index (χ0v) is 17.7. The lowest BCUT2D eigenvalue weighted by molar-refractivity contribution is 0.0914. The van der Waals surface area contributed by atoms with E-state index < -0.39 is 0 Å². The highest BCUT2D eigenvalue weighted by Gasteiger charge is 2.20. The number of nitrogens with one attached hydrogen (secondary N) is 2. The van der Waals surface area contributed by atoms with Crippen molar-refractivity contribution in [3.8, 4) is 5.75 Å². The third-order valence-electron chi connectivity index (χ3n) is 6.01. The van der Waals surface area contributed by atoms with Gasteiger partial charge in [-0.25, -0.2) is 0 Å². The fourth-order valence-electron chi connectivity index (χ4n) is 4.23. The maximum absolute atomic E-state index is 12.9. The summed E-state index contributed by atoms with van der Waals surface area (Å²) in [6.45, 7) is 2.72. The number of methoxy groups -OCH3 is 1. The average Bonchev–Trinajstić information content (AvgIpc) is 3.25. The van der Waals surface area contributed by atoms with E-state index in [9.17, 15) is 4.79 Å². The number of amides is 1. The van der Waals surface area contributed by atoms with Crippen molar-refractivity contribution in [3.05, 3.63) is 65.4 Å². The fraction of sp³-hybridized carbons (Fsp3) is 0.400. The van der Waals surface area contributed by atoms with E-state index in [-0.39, 0.29) is 11.9 Å². The number of carbonyl (C=O) groups is 1. The molecule has 0 spiro atoms. The third kappa shape index (κ3) is 4.51. The lowest BCUT2D eigenvalue weighted by atomic mass is 9.95. The van der Waals surface area contributed by atoms with Gasteiger partial charge in [-0.05, 0) is 43.0 Å². The Balaban J connectivity index is 1.54. The Bertz CT molecular complexity index is 990. The summed E-state index contributed by atoms with van der Waals surface area (Å²) in [5.74, 6) is 0.716. The van der Waals surface area contributed by atoms with E-state index in [0.717, 1.165) is 23.1 Å². The minimum absolute atomic E-state index is 0.110. The topological polar surface area (TPSA) is 63.5 Å². The van der Waals surface area contributed by atoms with E-state index in [1.165, 1.54) is 32.1 Å². The van der Waals surface area contributed by atoms with Gasteiger partial charge in [0.15, 0.2) is 17.1 Å². The first-order valence-corrected chi connectivity index (χ1v) is 10.8. The third-order valence-corrected chi connectivity index (χ3v) is 6.01. The number of fused-ring (bicyclic) bond motifs is 1. The molecule has 30 heavy (non-hydrogen) atoms. The molecule has 1 amide bonds. The Morgan fingerprint density at radius 2 is 1.90 bits per heavy atom. The maximum Gasteiger partial charge on any atom is 0.287 e. The van der Waals surface area contributed by atoms with E-state index in [1.54, 1.807) is 7.11 Å². The van der Waals surface area contributed by atoms with Gasteiger partial charge in [-0.3, -0.25) is 4.79 Å². The molecule has 2 N–H and O–H groups in total. The molecule has 0 bridgehead atoms. The zero-order chi connectivity index (χ0) is 20.9. The molecule has 2 aromatic carbocycles. The van der Waals surface area contributed by atoms with Crippen molar-refractivity contribution in [2.75, 3.05) is 7.11 Å². The van der Waals surface area contributed by atoms with Crippen molar-refractivity contribution in [1.82, 2.24) is 10.6 Å². The molecule has 5 heteroatoms. The van der Waals surface area contributed by atoms with Crippen LogP contribution in [0.25, 0.3) is 11.0 Å². The van der Waals surface area contributed by atoms with E-state index in [0.29, 0.717) is 23.1 Å². The summed E-state index contributed by atoms with van der Waals surface area (Å²) in [7, 11) is 1.62. The fourth-order valence-corrected chi connectivity index (χ4v) is 4.23. The summed E-state index contributed by atoms with van der Waals surface area (Å²) in [5.41, 5.74) is 2.80. The molecule has 4 rings (SSSR count). The summed E-state index contributed by atoms with van der Waals surface area (Å²) >= 11 is 0. The number of furan rings is 1. The maximum atomic E-state index is 12.9. The molecule has 158 valence electrons. The smallest absolute Gasteiger partial charge is 0.287 e. The molecular formula is C25H30N2O3. The van der Waals surface area contributed by atoms with Gasteiger partial charge in [-0.2, -0.15) is 0 Å². The average molecular weight is 407 g/mol. The van der Waals surface area contributed by atoms with Gasteiger partial charge in [-0.15, -0.1) is 0 Å². The first-order chi connectivity index (χ1) is 14.7. The van der Waals surface area contributed by atoms with Crippen LogP contribution in [0.1, 0.15) is 66.8 Å². The van der Waals surface area contributed by atoms with Crippen LogP contribution < -0.4 is 15.4 Å². The summed E-state index contributed by atoms with van der Waals surface area (Å²) in [4.78, 5) is 12.9. The number of rotatable bonds is 7. The predicted molar refractivity (Wildman–Crippen MR) is 119 cm³/mol. The van der Waals surface area contributed by atoms with E-state index in [1.807, 2.05) is 49.4 Å². The summed E-state index contributed by atoms with van der Waals surface area (Å²) in [5, 5.41) is 7.63. The molecule has 1 heterocycles. The minimum Gasteiger partial charge on any atom is -0.493 e. The largest absolute Gasteiger partial charge is 0.493 e. The van der Waals surface area contributed by atoms with Gasteiger partial charge in [0.25, 0.3) is 5.91 Å². The molecular weight excluding hydrogens is 376 g/mol. The van der Waals surface area contributed by atoms with Crippen LogP contribution in [0.4, 0.5) is 0 Å². The van der Waals surface area contributed by atoms with Crippen molar-refractivity contribution in [2.45, 2.75) is 57.7 Å². The van der Waals surface area contributed by atoms with Crippen LogP contribution in [0.2, 0.25) is 0 Å². The second-order valence-corrected chi connectivity index (χ2v) is 8.10. The van der Waals surface area contributed by atoms with Crippen LogP contribution in [-0.4, -0.2) is 19.1 Å². The first-order valence-electron chi connectivity index (χ1n) is 10.8. The quantitative estimate of drug-likeness (QED) is 0.555.